The van der Waals surface area contributed by atoms with Crippen molar-refractivity contribution >= 4 is 28.5 Å². The zero-order chi connectivity index (χ0) is 22.3. The zero-order valence-corrected chi connectivity index (χ0v) is 18.0. The molecular formula is C21H30N6O4. The molecule has 10 nitrogen and oxygen atoms in total. The van der Waals surface area contributed by atoms with Gasteiger partial charge in [0.05, 0.1) is 16.7 Å². The zero-order valence-electron chi connectivity index (χ0n) is 18.0. The second-order valence-corrected chi connectivity index (χ2v) is 8.56. The van der Waals surface area contributed by atoms with E-state index in [9.17, 15) is 19.5 Å². The normalized spacial score (nSPS) is 20.9. The van der Waals surface area contributed by atoms with Crippen molar-refractivity contribution in [2.24, 2.45) is 12.8 Å². The Morgan fingerprint density at radius 1 is 1.29 bits per heavy atom. The number of hydrogen-bond donors (Lipinski definition) is 3. The van der Waals surface area contributed by atoms with E-state index in [2.05, 4.69) is 10.2 Å². The largest absolute Gasteiger partial charge is 0.385 e. The van der Waals surface area contributed by atoms with Crippen LogP contribution in [0.4, 0.5) is 5.69 Å². The van der Waals surface area contributed by atoms with Crippen molar-refractivity contribution in [3.8, 4) is 0 Å². The molecule has 0 aliphatic carbocycles. The molecule has 2 aliphatic rings. The fourth-order valence-corrected chi connectivity index (χ4v) is 4.79. The van der Waals surface area contributed by atoms with Crippen LogP contribution in [0.2, 0.25) is 0 Å². The Labute approximate surface area is 180 Å². The minimum Gasteiger partial charge on any atom is -0.385 e. The molecule has 1 aromatic heterocycles. The van der Waals surface area contributed by atoms with Gasteiger partial charge in [-0.15, -0.1) is 0 Å². The molecule has 168 valence electrons. The van der Waals surface area contributed by atoms with E-state index >= 15 is 0 Å². The first-order valence-corrected chi connectivity index (χ1v) is 10.7. The lowest BCUT2D eigenvalue weighted by Gasteiger charge is -2.49. The van der Waals surface area contributed by atoms with Crippen molar-refractivity contribution in [2.75, 3.05) is 44.2 Å². The van der Waals surface area contributed by atoms with Gasteiger partial charge in [0.15, 0.2) is 0 Å². The molecule has 31 heavy (non-hydrogen) atoms. The Hall–Kier alpha value is -2.69. The van der Waals surface area contributed by atoms with Gasteiger partial charge in [0.2, 0.25) is 11.8 Å². The number of aromatic nitrogens is 2. The number of nitrogens with one attached hydrogen (secondary N) is 1. The van der Waals surface area contributed by atoms with Crippen molar-refractivity contribution in [1.29, 1.82) is 0 Å². The molecule has 2 fully saturated rings. The molecule has 1 unspecified atom stereocenters. The van der Waals surface area contributed by atoms with E-state index in [1.54, 1.807) is 11.6 Å². The highest BCUT2D eigenvalue weighted by Gasteiger charge is 2.43. The summed E-state index contributed by atoms with van der Waals surface area (Å²) < 4.78 is 3.02. The Bertz CT molecular complexity index is 1070. The number of anilines is 1. The third kappa shape index (κ3) is 3.75. The second-order valence-electron chi connectivity index (χ2n) is 8.56. The van der Waals surface area contributed by atoms with Gasteiger partial charge in [0.1, 0.15) is 11.6 Å². The molecule has 0 radical (unpaired) electrons. The van der Waals surface area contributed by atoms with Crippen LogP contribution < -0.4 is 21.6 Å². The number of imidazole rings is 1. The van der Waals surface area contributed by atoms with E-state index in [4.69, 9.17) is 5.73 Å². The van der Waals surface area contributed by atoms with E-state index in [0.717, 1.165) is 18.8 Å². The minimum absolute atomic E-state index is 0.203. The Balaban J connectivity index is 1.64. The smallest absolute Gasteiger partial charge is 0.329 e. The predicted octanol–water partition coefficient (Wildman–Crippen LogP) is -0.851. The van der Waals surface area contributed by atoms with Gasteiger partial charge in [0.25, 0.3) is 0 Å². The number of nitrogens with two attached hydrogens (primary N) is 1. The number of hydrogen-bond acceptors (Lipinski definition) is 7. The van der Waals surface area contributed by atoms with Gasteiger partial charge in [-0.3, -0.25) is 28.9 Å². The fraction of sp³-hybridized carbons (Fsp3) is 0.571. The van der Waals surface area contributed by atoms with Gasteiger partial charge >= 0.3 is 5.69 Å². The molecule has 4 rings (SSSR count). The summed E-state index contributed by atoms with van der Waals surface area (Å²) >= 11 is 0. The number of carbonyl (C=O) groups is 2. The number of carbonyl (C=O) groups excluding carboxylic acids is 2. The van der Waals surface area contributed by atoms with Gasteiger partial charge in [0, 0.05) is 46.2 Å². The summed E-state index contributed by atoms with van der Waals surface area (Å²) in [5.74, 6) is -0.764. The van der Waals surface area contributed by atoms with E-state index in [1.165, 1.54) is 4.57 Å². The number of piperidine rings is 1. The molecule has 2 amide bonds. The second kappa shape index (κ2) is 8.10. The molecular weight excluding hydrogens is 400 g/mol. The van der Waals surface area contributed by atoms with Crippen molar-refractivity contribution < 1.29 is 14.7 Å². The lowest BCUT2D eigenvalue weighted by Crippen LogP contribution is -2.66. The Morgan fingerprint density at radius 3 is 2.68 bits per heavy atom. The molecule has 0 bridgehead atoms. The molecule has 2 aliphatic heterocycles. The highest BCUT2D eigenvalue weighted by molar-refractivity contribution is 6.00. The first-order valence-electron chi connectivity index (χ1n) is 10.7. The summed E-state index contributed by atoms with van der Waals surface area (Å²) in [4.78, 5) is 41.2. The van der Waals surface area contributed by atoms with Gasteiger partial charge < -0.3 is 15.7 Å². The lowest BCUT2D eigenvalue weighted by atomic mass is 9.92. The number of fused-ring (bicyclic) bond motifs is 1. The number of rotatable bonds is 7. The first-order chi connectivity index (χ1) is 14.8. The SMILES string of the molecule is CCN(CCN)CC1(O)CN(c2cccc3c2n(C)c(=O)n3C2CCC(=O)NC2=O)C1. The van der Waals surface area contributed by atoms with Gasteiger partial charge in [-0.1, -0.05) is 13.0 Å². The molecule has 1 aromatic carbocycles. The third-order valence-electron chi connectivity index (χ3n) is 6.32. The van der Waals surface area contributed by atoms with Crippen LogP contribution in [0, 0.1) is 0 Å². The average molecular weight is 431 g/mol. The van der Waals surface area contributed by atoms with Gasteiger partial charge in [-0.25, -0.2) is 4.79 Å². The van der Waals surface area contributed by atoms with Crippen molar-refractivity contribution in [3.63, 3.8) is 0 Å². The van der Waals surface area contributed by atoms with Crippen LogP contribution >= 0.6 is 0 Å². The molecule has 0 spiro atoms. The van der Waals surface area contributed by atoms with Crippen LogP contribution in [0.25, 0.3) is 11.0 Å². The number of para-hydroxylation sites is 1. The lowest BCUT2D eigenvalue weighted by molar-refractivity contribution is -0.135. The number of β-amino-alcohol motifs (C(OH)–C–C–N with tert-alkyl or cyclic N) is 1. The van der Waals surface area contributed by atoms with Gasteiger partial charge in [-0.05, 0) is 25.1 Å². The first kappa shape index (κ1) is 21.5. The predicted molar refractivity (Wildman–Crippen MR) is 117 cm³/mol. The van der Waals surface area contributed by atoms with Crippen LogP contribution in [0.5, 0.6) is 0 Å². The molecule has 3 heterocycles. The fourth-order valence-electron chi connectivity index (χ4n) is 4.79. The number of benzene rings is 1. The summed E-state index contributed by atoms with van der Waals surface area (Å²) in [6.45, 7) is 5.59. The summed E-state index contributed by atoms with van der Waals surface area (Å²) in [5, 5.41) is 13.3. The minimum atomic E-state index is -0.835. The van der Waals surface area contributed by atoms with Crippen LogP contribution in [0.1, 0.15) is 25.8 Å². The highest BCUT2D eigenvalue weighted by Crippen LogP contribution is 2.34. The molecule has 2 aromatic rings. The monoisotopic (exact) mass is 430 g/mol. The Kier molecular flexibility index (Phi) is 5.63. The highest BCUT2D eigenvalue weighted by atomic mass is 16.3. The molecule has 10 heteroatoms. The van der Waals surface area contributed by atoms with E-state index in [1.807, 2.05) is 30.0 Å². The summed E-state index contributed by atoms with van der Waals surface area (Å²) in [6, 6.07) is 4.87. The summed E-state index contributed by atoms with van der Waals surface area (Å²) in [6.07, 6.45) is 0.500. The quantitative estimate of drug-likeness (QED) is 0.489. The standard InChI is InChI=1S/C21H30N6O4/c1-3-25(10-9-22)11-21(31)12-26(13-21)14-5-4-6-15-18(14)24(2)20(30)27(15)16-7-8-17(28)23-19(16)29/h4-6,16,31H,3,7-13,22H2,1-2H3,(H,23,28,29). The van der Waals surface area contributed by atoms with Crippen molar-refractivity contribution in [2.45, 2.75) is 31.4 Å². The molecule has 4 N–H and O–H groups in total. The van der Waals surface area contributed by atoms with Crippen LogP contribution in [0.3, 0.4) is 0 Å². The van der Waals surface area contributed by atoms with Crippen LogP contribution in [-0.2, 0) is 16.6 Å². The van der Waals surface area contributed by atoms with Crippen LogP contribution in [-0.4, -0.2) is 75.8 Å². The number of nitrogens with zero attached hydrogens (tertiary/aromatic N) is 4. The number of aryl methyl sites for hydroxylation is 1. The molecule has 2 saturated heterocycles. The number of likely N-dealkylation sites (N-methyl/N-ethyl adjacent to an activating group) is 1. The number of aliphatic hydroxyl groups is 1. The molecule has 0 saturated carbocycles. The maximum Gasteiger partial charge on any atom is 0.329 e. The van der Waals surface area contributed by atoms with E-state index in [-0.39, 0.29) is 18.0 Å². The maximum absolute atomic E-state index is 13.1. The average Bonchev–Trinajstić information content (AvgIpc) is 2.96. The Morgan fingerprint density at radius 2 is 2.03 bits per heavy atom. The van der Waals surface area contributed by atoms with Crippen LogP contribution in [0.15, 0.2) is 23.0 Å². The number of amides is 2. The summed E-state index contributed by atoms with van der Waals surface area (Å²) in [5.41, 5.74) is 6.73. The maximum atomic E-state index is 13.1. The molecule has 1 atom stereocenters. The summed E-state index contributed by atoms with van der Waals surface area (Å²) in [7, 11) is 1.68. The van der Waals surface area contributed by atoms with Crippen molar-refractivity contribution in [3.05, 3.63) is 28.7 Å². The van der Waals surface area contributed by atoms with E-state index < -0.39 is 17.6 Å². The third-order valence-corrected chi connectivity index (χ3v) is 6.32. The topological polar surface area (TPSA) is 126 Å². The number of imide groups is 1. The van der Waals surface area contributed by atoms with Gasteiger partial charge in [-0.2, -0.15) is 0 Å². The van der Waals surface area contributed by atoms with Crippen molar-refractivity contribution in [1.82, 2.24) is 19.4 Å². The van der Waals surface area contributed by atoms with E-state index in [0.29, 0.717) is 43.6 Å².